The van der Waals surface area contributed by atoms with Gasteiger partial charge in [-0.2, -0.15) is 0 Å². The zero-order valence-electron chi connectivity index (χ0n) is 31.9. The number of rotatable bonds is 5. The third-order valence-corrected chi connectivity index (χ3v) is 13.2. The summed E-state index contributed by atoms with van der Waals surface area (Å²) in [5, 5.41) is 2.49. The smallest absolute Gasteiger partial charge is 0.0540 e. The van der Waals surface area contributed by atoms with E-state index in [4.69, 9.17) is 0 Å². The minimum absolute atomic E-state index is 0.143. The molecule has 0 saturated heterocycles. The van der Waals surface area contributed by atoms with Crippen LogP contribution in [0.25, 0.3) is 66.4 Å². The van der Waals surface area contributed by atoms with Crippen molar-refractivity contribution in [2.75, 3.05) is 4.90 Å². The Hall–Kier alpha value is -6.61. The van der Waals surface area contributed by atoms with E-state index in [0.29, 0.717) is 0 Å². The maximum Gasteiger partial charge on any atom is 0.0540 e. The third kappa shape index (κ3) is 5.47. The quantitative estimate of drug-likeness (QED) is 0.173. The average molecular weight is 746 g/mol. The van der Waals surface area contributed by atoms with Gasteiger partial charge in [0.25, 0.3) is 0 Å². The molecule has 1 aliphatic heterocycles. The predicted molar refractivity (Wildman–Crippen MR) is 242 cm³/mol. The lowest BCUT2D eigenvalue weighted by Crippen LogP contribution is -2.17. The Morgan fingerprint density at radius 1 is 0.368 bits per heavy atom. The first-order valence-electron chi connectivity index (χ1n) is 19.8. The van der Waals surface area contributed by atoms with Crippen molar-refractivity contribution in [2.24, 2.45) is 0 Å². The maximum absolute atomic E-state index is 2.52. The minimum Gasteiger partial charge on any atom is -0.310 e. The highest BCUT2D eigenvalue weighted by molar-refractivity contribution is 7.99. The van der Waals surface area contributed by atoms with Crippen molar-refractivity contribution in [3.05, 3.63) is 211 Å². The predicted octanol–water partition coefficient (Wildman–Crippen LogP) is 15.7. The van der Waals surface area contributed by atoms with Crippen LogP contribution < -0.4 is 4.90 Å². The molecule has 11 rings (SSSR count). The summed E-state index contributed by atoms with van der Waals surface area (Å²) in [6.07, 6.45) is 0. The van der Waals surface area contributed by atoms with Crippen LogP contribution >= 0.6 is 11.8 Å². The molecule has 1 heterocycles. The van der Waals surface area contributed by atoms with Crippen molar-refractivity contribution in [1.29, 1.82) is 0 Å². The summed E-state index contributed by atoms with van der Waals surface area (Å²) in [5.41, 5.74) is 18.4. The molecule has 57 heavy (non-hydrogen) atoms. The first kappa shape index (κ1) is 33.7. The highest BCUT2D eigenvalue weighted by Crippen LogP contribution is 2.54. The van der Waals surface area contributed by atoms with Gasteiger partial charge in [-0.25, -0.2) is 0 Å². The van der Waals surface area contributed by atoms with Crippen molar-refractivity contribution < 1.29 is 0 Å². The lowest BCUT2D eigenvalue weighted by Gasteiger charge is -2.31. The van der Waals surface area contributed by atoms with Gasteiger partial charge in [0.15, 0.2) is 0 Å². The molecule has 0 amide bonds. The normalized spacial score (nSPS) is 13.2. The molecule has 0 spiro atoms. The molecule has 0 aromatic heterocycles. The van der Waals surface area contributed by atoms with Crippen molar-refractivity contribution in [2.45, 2.75) is 29.1 Å². The summed E-state index contributed by atoms with van der Waals surface area (Å²) in [4.78, 5) is 5.06. The van der Waals surface area contributed by atoms with Crippen LogP contribution in [0.2, 0.25) is 0 Å². The van der Waals surface area contributed by atoms with Crippen LogP contribution in [-0.2, 0) is 5.41 Å². The van der Waals surface area contributed by atoms with Crippen molar-refractivity contribution in [3.63, 3.8) is 0 Å². The van der Waals surface area contributed by atoms with Crippen molar-refractivity contribution in [3.8, 4) is 55.6 Å². The molecule has 270 valence electrons. The molecule has 0 N–H and O–H groups in total. The van der Waals surface area contributed by atoms with E-state index in [1.54, 1.807) is 0 Å². The van der Waals surface area contributed by atoms with Gasteiger partial charge in [0.05, 0.1) is 5.69 Å². The molecule has 9 aromatic rings. The van der Waals surface area contributed by atoms with Gasteiger partial charge in [-0.1, -0.05) is 177 Å². The van der Waals surface area contributed by atoms with Crippen LogP contribution in [0.3, 0.4) is 0 Å². The Balaban J connectivity index is 1.23. The van der Waals surface area contributed by atoms with Gasteiger partial charge in [-0.3, -0.25) is 0 Å². The van der Waals surface area contributed by atoms with Crippen LogP contribution in [0.1, 0.15) is 25.0 Å². The zero-order chi connectivity index (χ0) is 38.1. The second kappa shape index (κ2) is 13.3. The fraction of sp³-hybridized carbons (Fsp3) is 0.0545. The SMILES string of the molecule is CC1(C)c2ccccc2-c2ccc(N(c3cc(-c4ccccc4)cc(-c4ccccc4)c3)c3ccc4c5c(cccc35)-c3ccccc3Sc3ccccc3-4)cc21. The van der Waals surface area contributed by atoms with E-state index in [1.807, 2.05) is 11.8 Å². The summed E-state index contributed by atoms with van der Waals surface area (Å²) < 4.78 is 0. The topological polar surface area (TPSA) is 3.24 Å². The first-order valence-corrected chi connectivity index (χ1v) is 20.6. The zero-order valence-corrected chi connectivity index (χ0v) is 32.7. The molecule has 1 aliphatic carbocycles. The van der Waals surface area contributed by atoms with Crippen LogP contribution in [-0.4, -0.2) is 0 Å². The van der Waals surface area contributed by atoms with Crippen molar-refractivity contribution in [1.82, 2.24) is 0 Å². The molecule has 0 fully saturated rings. The van der Waals surface area contributed by atoms with Gasteiger partial charge in [0.1, 0.15) is 0 Å². The molecule has 0 bridgehead atoms. The van der Waals surface area contributed by atoms with Crippen LogP contribution in [0.15, 0.2) is 210 Å². The van der Waals surface area contributed by atoms with Gasteiger partial charge >= 0.3 is 0 Å². The molecule has 2 heteroatoms. The van der Waals surface area contributed by atoms with E-state index in [0.717, 1.165) is 17.1 Å². The molecule has 9 aromatic carbocycles. The van der Waals surface area contributed by atoms with Gasteiger partial charge in [-0.15, -0.1) is 0 Å². The van der Waals surface area contributed by atoms with Gasteiger partial charge in [-0.05, 0) is 121 Å². The Bertz CT molecular complexity index is 2910. The van der Waals surface area contributed by atoms with E-state index in [9.17, 15) is 0 Å². The Morgan fingerprint density at radius 3 is 1.56 bits per heavy atom. The second-order valence-electron chi connectivity index (χ2n) is 15.7. The molecule has 0 saturated carbocycles. The molecule has 0 unspecified atom stereocenters. The standard InChI is InChI=1S/C55H39NS/c1-55(2)49-25-12-9-20-42(49)43-29-28-40(35-50(43)55)56(41-33-38(36-16-5-3-6-17-36)32-39(34-41)37-18-7-4-8-19-37)51-31-30-47-45-22-11-14-27-53(45)57-52-26-13-10-21-44(52)46-23-15-24-48(51)54(46)47/h3-35H,1-2H3. The largest absolute Gasteiger partial charge is 0.310 e. The summed E-state index contributed by atoms with van der Waals surface area (Å²) in [5.74, 6) is 0. The fourth-order valence-corrected chi connectivity index (χ4v) is 10.4. The maximum atomic E-state index is 2.52. The first-order chi connectivity index (χ1) is 28.0. The number of hydrogen-bond acceptors (Lipinski definition) is 2. The summed E-state index contributed by atoms with van der Waals surface area (Å²) in [6, 6.07) is 74.1. The summed E-state index contributed by atoms with van der Waals surface area (Å²) >= 11 is 1.86. The summed E-state index contributed by atoms with van der Waals surface area (Å²) in [6.45, 7) is 4.74. The van der Waals surface area contributed by atoms with Gasteiger partial charge in [0, 0.05) is 32.0 Å². The molecule has 0 radical (unpaired) electrons. The third-order valence-electron chi connectivity index (χ3n) is 12.0. The van der Waals surface area contributed by atoms with E-state index in [2.05, 4.69) is 219 Å². The van der Waals surface area contributed by atoms with E-state index in [1.165, 1.54) is 87.3 Å². The lowest BCUT2D eigenvalue weighted by molar-refractivity contribution is 0.660. The molecular formula is C55H39NS. The van der Waals surface area contributed by atoms with Gasteiger partial charge < -0.3 is 4.90 Å². The Kier molecular flexibility index (Phi) is 7.84. The van der Waals surface area contributed by atoms with Gasteiger partial charge in [0.2, 0.25) is 0 Å². The fourth-order valence-electron chi connectivity index (χ4n) is 9.30. The second-order valence-corrected chi connectivity index (χ2v) is 16.8. The summed E-state index contributed by atoms with van der Waals surface area (Å²) in [7, 11) is 0. The lowest BCUT2D eigenvalue weighted by atomic mass is 9.82. The number of hydrogen-bond donors (Lipinski definition) is 0. The van der Waals surface area contributed by atoms with Crippen LogP contribution in [0, 0.1) is 0 Å². The molecule has 2 aliphatic rings. The van der Waals surface area contributed by atoms with Crippen molar-refractivity contribution >= 4 is 39.6 Å². The highest BCUT2D eigenvalue weighted by Gasteiger charge is 2.36. The number of benzene rings is 9. The average Bonchev–Trinajstić information content (AvgIpc) is 3.49. The molecule has 1 nitrogen and oxygen atoms in total. The van der Waals surface area contributed by atoms with E-state index in [-0.39, 0.29) is 5.41 Å². The van der Waals surface area contributed by atoms with E-state index >= 15 is 0 Å². The number of nitrogens with zero attached hydrogens (tertiary/aromatic N) is 1. The minimum atomic E-state index is -0.143. The molecule has 0 atom stereocenters. The molecular weight excluding hydrogens is 707 g/mol. The van der Waals surface area contributed by atoms with Crippen LogP contribution in [0.5, 0.6) is 0 Å². The van der Waals surface area contributed by atoms with E-state index < -0.39 is 0 Å². The highest BCUT2D eigenvalue weighted by atomic mass is 32.2. The van der Waals surface area contributed by atoms with Crippen LogP contribution in [0.4, 0.5) is 17.1 Å². The monoisotopic (exact) mass is 745 g/mol. The Morgan fingerprint density at radius 2 is 0.895 bits per heavy atom. The Labute approximate surface area is 338 Å². The number of anilines is 3. The number of fused-ring (bicyclic) bond motifs is 7.